The molecule has 188 valence electrons. The zero-order valence-electron chi connectivity index (χ0n) is 20.0. The van der Waals surface area contributed by atoms with Gasteiger partial charge in [-0.2, -0.15) is 9.30 Å². The van der Waals surface area contributed by atoms with E-state index in [0.717, 1.165) is 15.8 Å². The molecule has 0 saturated heterocycles. The molecule has 0 bridgehead atoms. The molecule has 2 heterocycles. The first kappa shape index (κ1) is 24.8. The normalized spacial score (nSPS) is 13.3. The van der Waals surface area contributed by atoms with Crippen molar-refractivity contribution < 1.29 is 22.7 Å². The molecule has 0 saturated carbocycles. The number of carbonyl (C=O) groups is 1. The highest BCUT2D eigenvalue weighted by Crippen LogP contribution is 2.37. The van der Waals surface area contributed by atoms with Gasteiger partial charge in [0.1, 0.15) is 0 Å². The van der Waals surface area contributed by atoms with Crippen molar-refractivity contribution in [2.45, 2.75) is 24.9 Å². The van der Waals surface area contributed by atoms with Gasteiger partial charge in [0.2, 0.25) is 16.8 Å². The molecule has 4 aromatic rings. The van der Waals surface area contributed by atoms with E-state index in [0.29, 0.717) is 22.8 Å². The van der Waals surface area contributed by atoms with Gasteiger partial charge in [0.25, 0.3) is 5.91 Å². The van der Waals surface area contributed by atoms with E-state index in [-0.39, 0.29) is 30.3 Å². The number of rotatable bonds is 7. The first-order valence-corrected chi connectivity index (χ1v) is 13.8. The number of carbonyl (C=O) groups excluding carboxylic acids is 1. The number of ether oxygens (including phenoxy) is 2. The van der Waals surface area contributed by atoms with E-state index in [2.05, 4.69) is 10.9 Å². The second-order valence-electron chi connectivity index (χ2n) is 8.21. The van der Waals surface area contributed by atoms with Gasteiger partial charge in [-0.3, -0.25) is 4.79 Å². The maximum Gasteiger partial charge on any atom is 0.279 e. The summed E-state index contributed by atoms with van der Waals surface area (Å²) in [5, 5.41) is 0. The van der Waals surface area contributed by atoms with E-state index >= 15 is 0 Å². The number of amides is 1. The third-order valence-electron chi connectivity index (χ3n) is 5.92. The molecule has 1 amide bonds. The maximum absolute atomic E-state index is 13.2. The van der Waals surface area contributed by atoms with E-state index in [1.54, 1.807) is 11.5 Å². The van der Waals surface area contributed by atoms with Gasteiger partial charge in [0.05, 0.1) is 21.7 Å². The molecule has 1 aliphatic rings. The minimum absolute atomic E-state index is 0.112. The summed E-state index contributed by atoms with van der Waals surface area (Å²) in [5.74, 6) is 3.33. The summed E-state index contributed by atoms with van der Waals surface area (Å²) in [6.45, 7) is 2.74. The molecule has 0 unspecified atom stereocenters. The largest absolute Gasteiger partial charge is 0.454 e. The molecule has 0 atom stereocenters. The van der Waals surface area contributed by atoms with Gasteiger partial charge in [-0.1, -0.05) is 54.5 Å². The van der Waals surface area contributed by atoms with Crippen LogP contribution in [-0.2, 0) is 23.1 Å². The molecule has 10 heteroatoms. The van der Waals surface area contributed by atoms with Crippen LogP contribution >= 0.6 is 11.3 Å². The van der Waals surface area contributed by atoms with Crippen molar-refractivity contribution in [2.24, 2.45) is 4.99 Å². The summed E-state index contributed by atoms with van der Waals surface area (Å²) in [6.07, 6.45) is 5.57. The molecule has 1 aliphatic heterocycles. The van der Waals surface area contributed by atoms with Crippen molar-refractivity contribution in [1.82, 2.24) is 8.87 Å². The number of nitrogens with zero attached hydrogens (tertiary/aromatic N) is 3. The number of sulfonamides is 1. The summed E-state index contributed by atoms with van der Waals surface area (Å²) in [6, 6.07) is 18.9. The zero-order valence-corrected chi connectivity index (χ0v) is 21.6. The van der Waals surface area contributed by atoms with Crippen molar-refractivity contribution in [3.8, 4) is 23.8 Å². The van der Waals surface area contributed by atoms with E-state index in [4.69, 9.17) is 15.9 Å². The van der Waals surface area contributed by atoms with Crippen molar-refractivity contribution in [3.05, 3.63) is 82.7 Å². The van der Waals surface area contributed by atoms with Gasteiger partial charge < -0.3 is 14.0 Å². The van der Waals surface area contributed by atoms with Crippen LogP contribution in [0.1, 0.15) is 22.8 Å². The first-order valence-electron chi connectivity index (χ1n) is 11.5. The van der Waals surface area contributed by atoms with Crippen molar-refractivity contribution in [3.63, 3.8) is 0 Å². The minimum atomic E-state index is -3.74. The standard InChI is InChI=1S/C27H23N3O5S2/c1-3-14-30-22-15-23-24(35-18-34-23)16-25(22)36-27(30)28-26(31)20-10-12-21(13-11-20)37(32,33)29(4-2)17-19-8-6-5-7-9-19/h1,5-13,15-16H,4,14,17-18H2,2H3. The summed E-state index contributed by atoms with van der Waals surface area (Å²) in [4.78, 5) is 17.8. The number of terminal acetylenes is 1. The van der Waals surface area contributed by atoms with Gasteiger partial charge in [0.15, 0.2) is 16.3 Å². The summed E-state index contributed by atoms with van der Waals surface area (Å²) >= 11 is 1.31. The lowest BCUT2D eigenvalue weighted by molar-refractivity contribution is 0.0997. The molecule has 0 radical (unpaired) electrons. The third-order valence-corrected chi connectivity index (χ3v) is 8.89. The molecule has 5 rings (SSSR count). The predicted octanol–water partition coefficient (Wildman–Crippen LogP) is 4.02. The molecule has 3 aromatic carbocycles. The molecule has 0 fully saturated rings. The maximum atomic E-state index is 13.2. The molecule has 8 nitrogen and oxygen atoms in total. The number of hydrogen-bond acceptors (Lipinski definition) is 6. The van der Waals surface area contributed by atoms with Crippen LogP contribution in [0, 0.1) is 12.3 Å². The van der Waals surface area contributed by atoms with Gasteiger partial charge in [0, 0.05) is 30.8 Å². The molecular formula is C27H23N3O5S2. The number of benzene rings is 3. The Balaban J connectivity index is 1.43. The molecule has 0 aliphatic carbocycles. The van der Waals surface area contributed by atoms with E-state index in [1.807, 2.05) is 42.5 Å². The Morgan fingerprint density at radius 1 is 1.11 bits per heavy atom. The number of thiazole rings is 1. The third kappa shape index (κ3) is 4.89. The second kappa shape index (κ2) is 10.2. The average molecular weight is 534 g/mol. The van der Waals surface area contributed by atoms with Crippen LogP contribution in [0.2, 0.25) is 0 Å². The molecule has 0 spiro atoms. The fraction of sp³-hybridized carbons (Fsp3) is 0.185. The highest BCUT2D eigenvalue weighted by atomic mass is 32.2. The summed E-state index contributed by atoms with van der Waals surface area (Å²) in [5.41, 5.74) is 1.95. The fourth-order valence-electron chi connectivity index (χ4n) is 4.01. The summed E-state index contributed by atoms with van der Waals surface area (Å²) < 4.78 is 41.4. The van der Waals surface area contributed by atoms with Crippen LogP contribution in [0.15, 0.2) is 76.6 Å². The number of aromatic nitrogens is 1. The van der Waals surface area contributed by atoms with Gasteiger partial charge >= 0.3 is 0 Å². The SMILES string of the molecule is C#CCn1c(=NC(=O)c2ccc(S(=O)(=O)N(CC)Cc3ccccc3)cc2)sc2cc3c(cc21)OCO3. The quantitative estimate of drug-likeness (QED) is 0.335. The van der Waals surface area contributed by atoms with E-state index in [9.17, 15) is 13.2 Å². The van der Waals surface area contributed by atoms with E-state index in [1.165, 1.54) is 39.9 Å². The Bertz CT molecular complexity index is 1680. The Hall–Kier alpha value is -3.91. The molecule has 1 aromatic heterocycles. The monoisotopic (exact) mass is 533 g/mol. The molecular weight excluding hydrogens is 510 g/mol. The number of fused-ring (bicyclic) bond motifs is 2. The highest BCUT2D eigenvalue weighted by molar-refractivity contribution is 7.89. The van der Waals surface area contributed by atoms with Crippen molar-refractivity contribution in [2.75, 3.05) is 13.3 Å². The lowest BCUT2D eigenvalue weighted by Crippen LogP contribution is -2.30. The lowest BCUT2D eigenvalue weighted by atomic mass is 10.2. The van der Waals surface area contributed by atoms with Crippen molar-refractivity contribution in [1.29, 1.82) is 0 Å². The highest BCUT2D eigenvalue weighted by Gasteiger charge is 2.24. The van der Waals surface area contributed by atoms with E-state index < -0.39 is 15.9 Å². The van der Waals surface area contributed by atoms with Crippen LogP contribution in [0.4, 0.5) is 0 Å². The summed E-state index contributed by atoms with van der Waals surface area (Å²) in [7, 11) is -3.74. The lowest BCUT2D eigenvalue weighted by Gasteiger charge is -2.20. The topological polar surface area (TPSA) is 90.2 Å². The first-order chi connectivity index (χ1) is 17.9. The van der Waals surface area contributed by atoms with Crippen LogP contribution in [0.25, 0.3) is 10.2 Å². The Morgan fingerprint density at radius 3 is 2.49 bits per heavy atom. The average Bonchev–Trinajstić information content (AvgIpc) is 3.50. The predicted molar refractivity (Wildman–Crippen MR) is 141 cm³/mol. The second-order valence-corrected chi connectivity index (χ2v) is 11.2. The Kier molecular flexibility index (Phi) is 6.84. The molecule has 37 heavy (non-hydrogen) atoms. The van der Waals surface area contributed by atoms with Gasteiger partial charge in [-0.05, 0) is 29.8 Å². The Labute approximate surface area is 218 Å². The zero-order chi connectivity index (χ0) is 26.0. The van der Waals surface area contributed by atoms with Crippen LogP contribution < -0.4 is 14.3 Å². The molecule has 0 N–H and O–H groups in total. The van der Waals surface area contributed by atoms with Gasteiger partial charge in [-0.15, -0.1) is 6.42 Å². The van der Waals surface area contributed by atoms with Gasteiger partial charge in [-0.25, -0.2) is 8.42 Å². The number of hydrogen-bond donors (Lipinski definition) is 0. The fourth-order valence-corrected chi connectivity index (χ4v) is 6.49. The van der Waals surface area contributed by atoms with Crippen LogP contribution in [0.5, 0.6) is 11.5 Å². The minimum Gasteiger partial charge on any atom is -0.454 e. The Morgan fingerprint density at radius 2 is 1.81 bits per heavy atom. The van der Waals surface area contributed by atoms with Crippen molar-refractivity contribution >= 4 is 37.5 Å². The smallest absolute Gasteiger partial charge is 0.279 e. The van der Waals surface area contributed by atoms with Crippen LogP contribution in [-0.4, -0.2) is 36.5 Å². The van der Waals surface area contributed by atoms with Crippen LogP contribution in [0.3, 0.4) is 0 Å².